The third-order valence-corrected chi connectivity index (χ3v) is 3.27. The van der Waals surface area contributed by atoms with E-state index in [-0.39, 0.29) is 11.8 Å². The van der Waals surface area contributed by atoms with Crippen LogP contribution in [0.1, 0.15) is 6.42 Å². The van der Waals surface area contributed by atoms with E-state index in [9.17, 15) is 4.79 Å². The molecule has 3 rings (SSSR count). The van der Waals surface area contributed by atoms with E-state index in [1.807, 2.05) is 5.38 Å². The summed E-state index contributed by atoms with van der Waals surface area (Å²) < 4.78 is 5.27. The molecule has 78 valence electrons. The Morgan fingerprint density at radius 1 is 1.60 bits per heavy atom. The lowest BCUT2D eigenvalue weighted by Crippen LogP contribution is -2.33. The highest BCUT2D eigenvalue weighted by molar-refractivity contribution is 7.13. The van der Waals surface area contributed by atoms with Crippen molar-refractivity contribution in [3.63, 3.8) is 0 Å². The van der Waals surface area contributed by atoms with Crippen molar-refractivity contribution in [3.8, 4) is 0 Å². The molecule has 6 heteroatoms. The maximum atomic E-state index is 11.9. The quantitative estimate of drug-likeness (QED) is 0.710. The molecule has 1 unspecified atom stereocenters. The SMILES string of the molecule is O=C1C2COCCC2=NN1c1nccs1. The summed E-state index contributed by atoms with van der Waals surface area (Å²) >= 11 is 1.42. The number of nitrogens with zero attached hydrogens (tertiary/aromatic N) is 3. The number of anilines is 1. The van der Waals surface area contributed by atoms with Crippen LogP contribution in [0.15, 0.2) is 16.7 Å². The van der Waals surface area contributed by atoms with Crippen molar-refractivity contribution in [2.75, 3.05) is 18.2 Å². The largest absolute Gasteiger partial charge is 0.380 e. The van der Waals surface area contributed by atoms with E-state index in [2.05, 4.69) is 10.1 Å². The van der Waals surface area contributed by atoms with E-state index in [4.69, 9.17) is 4.74 Å². The molecule has 5 nitrogen and oxygen atoms in total. The average molecular weight is 223 g/mol. The fourth-order valence-corrected chi connectivity index (χ4v) is 2.36. The van der Waals surface area contributed by atoms with Gasteiger partial charge in [-0.05, 0) is 0 Å². The van der Waals surface area contributed by atoms with Gasteiger partial charge in [0.1, 0.15) is 5.92 Å². The van der Waals surface area contributed by atoms with Crippen LogP contribution in [0.3, 0.4) is 0 Å². The summed E-state index contributed by atoms with van der Waals surface area (Å²) in [7, 11) is 0. The second-order valence-electron chi connectivity index (χ2n) is 3.43. The van der Waals surface area contributed by atoms with Gasteiger partial charge in [0.2, 0.25) is 5.13 Å². The number of carbonyl (C=O) groups excluding carboxylic acids is 1. The van der Waals surface area contributed by atoms with Crippen molar-refractivity contribution in [2.24, 2.45) is 11.0 Å². The molecule has 2 aliphatic heterocycles. The lowest BCUT2D eigenvalue weighted by atomic mass is 10.0. The van der Waals surface area contributed by atoms with Crippen LogP contribution in [-0.2, 0) is 9.53 Å². The van der Waals surface area contributed by atoms with Gasteiger partial charge in [-0.1, -0.05) is 0 Å². The summed E-state index contributed by atoms with van der Waals surface area (Å²) in [5.74, 6) is -0.192. The summed E-state index contributed by atoms with van der Waals surface area (Å²) in [4.78, 5) is 16.0. The van der Waals surface area contributed by atoms with Crippen LogP contribution >= 0.6 is 11.3 Å². The summed E-state index contributed by atoms with van der Waals surface area (Å²) in [6, 6.07) is 0. The van der Waals surface area contributed by atoms with Crippen molar-refractivity contribution >= 4 is 28.1 Å². The second-order valence-corrected chi connectivity index (χ2v) is 4.31. The van der Waals surface area contributed by atoms with Crippen molar-refractivity contribution in [3.05, 3.63) is 11.6 Å². The number of thiazole rings is 1. The molecule has 0 bridgehead atoms. The Bertz CT molecular complexity index is 415. The minimum atomic E-state index is -0.178. The Morgan fingerprint density at radius 3 is 3.27 bits per heavy atom. The van der Waals surface area contributed by atoms with Gasteiger partial charge in [0.05, 0.1) is 18.9 Å². The first-order valence-electron chi connectivity index (χ1n) is 4.75. The average Bonchev–Trinajstić information content (AvgIpc) is 2.87. The molecule has 3 heterocycles. The Morgan fingerprint density at radius 2 is 2.53 bits per heavy atom. The zero-order valence-corrected chi connectivity index (χ0v) is 8.74. The molecule has 1 aromatic rings. The maximum Gasteiger partial charge on any atom is 0.260 e. The molecule has 1 amide bonds. The Balaban J connectivity index is 1.93. The number of fused-ring (bicyclic) bond motifs is 1. The number of hydrazone groups is 1. The van der Waals surface area contributed by atoms with Crippen LogP contribution in [0, 0.1) is 5.92 Å². The molecule has 1 saturated heterocycles. The summed E-state index contributed by atoms with van der Waals surface area (Å²) in [5.41, 5.74) is 0.932. The van der Waals surface area contributed by atoms with Gasteiger partial charge in [-0.25, -0.2) is 4.98 Å². The first-order valence-corrected chi connectivity index (χ1v) is 5.63. The standard InChI is InChI=1S/C9H9N3O2S/c13-8-6-5-14-3-1-7(6)11-12(8)9-10-2-4-15-9/h2,4,6H,1,3,5H2. The zero-order valence-electron chi connectivity index (χ0n) is 7.92. The van der Waals surface area contributed by atoms with E-state index >= 15 is 0 Å². The van der Waals surface area contributed by atoms with Gasteiger partial charge < -0.3 is 4.74 Å². The number of amides is 1. The molecule has 1 aromatic heterocycles. The van der Waals surface area contributed by atoms with Gasteiger partial charge in [0.15, 0.2) is 0 Å². The highest BCUT2D eigenvalue weighted by Gasteiger charge is 2.39. The van der Waals surface area contributed by atoms with E-state index in [0.29, 0.717) is 18.3 Å². The van der Waals surface area contributed by atoms with Crippen LogP contribution in [0.2, 0.25) is 0 Å². The molecule has 2 aliphatic rings. The highest BCUT2D eigenvalue weighted by Crippen LogP contribution is 2.28. The van der Waals surface area contributed by atoms with Crippen LogP contribution in [0.25, 0.3) is 0 Å². The van der Waals surface area contributed by atoms with Gasteiger partial charge in [-0.2, -0.15) is 10.1 Å². The van der Waals surface area contributed by atoms with Crippen molar-refractivity contribution in [1.29, 1.82) is 0 Å². The third kappa shape index (κ3) is 1.37. The normalized spacial score (nSPS) is 25.3. The Hall–Kier alpha value is -1.27. The van der Waals surface area contributed by atoms with E-state index in [1.165, 1.54) is 16.3 Å². The molecule has 0 aliphatic carbocycles. The van der Waals surface area contributed by atoms with E-state index < -0.39 is 0 Å². The van der Waals surface area contributed by atoms with Gasteiger partial charge in [-0.3, -0.25) is 4.79 Å². The fraction of sp³-hybridized carbons (Fsp3) is 0.444. The van der Waals surface area contributed by atoms with Gasteiger partial charge in [-0.15, -0.1) is 11.3 Å². The summed E-state index contributed by atoms with van der Waals surface area (Å²) in [6.45, 7) is 1.12. The van der Waals surface area contributed by atoms with Crippen LogP contribution < -0.4 is 5.01 Å². The van der Waals surface area contributed by atoms with Crippen molar-refractivity contribution < 1.29 is 9.53 Å². The van der Waals surface area contributed by atoms with Crippen LogP contribution in [0.4, 0.5) is 5.13 Å². The lowest BCUT2D eigenvalue weighted by Gasteiger charge is -2.16. The molecule has 1 atom stereocenters. The summed E-state index contributed by atoms with van der Waals surface area (Å²) in [6.07, 6.45) is 2.42. The van der Waals surface area contributed by atoms with Crippen molar-refractivity contribution in [2.45, 2.75) is 6.42 Å². The number of hydrogen-bond acceptors (Lipinski definition) is 5. The molecule has 15 heavy (non-hydrogen) atoms. The molecule has 0 radical (unpaired) electrons. The molecule has 0 spiro atoms. The number of ether oxygens (including phenoxy) is 1. The number of carbonyl (C=O) groups is 1. The fourth-order valence-electron chi connectivity index (χ4n) is 1.76. The summed E-state index contributed by atoms with van der Waals surface area (Å²) in [5, 5.41) is 8.18. The van der Waals surface area contributed by atoms with E-state index in [1.54, 1.807) is 6.20 Å². The maximum absolute atomic E-state index is 11.9. The predicted octanol–water partition coefficient (Wildman–Crippen LogP) is 0.882. The minimum absolute atomic E-state index is 0.0142. The minimum Gasteiger partial charge on any atom is -0.380 e. The smallest absolute Gasteiger partial charge is 0.260 e. The topological polar surface area (TPSA) is 54.8 Å². The van der Waals surface area contributed by atoms with Crippen LogP contribution in [-0.4, -0.2) is 29.8 Å². The highest BCUT2D eigenvalue weighted by atomic mass is 32.1. The molecule has 1 fully saturated rings. The Kier molecular flexibility index (Phi) is 2.03. The number of rotatable bonds is 1. The molecule has 0 saturated carbocycles. The predicted molar refractivity (Wildman–Crippen MR) is 56.0 cm³/mol. The molecule has 0 aromatic carbocycles. The first kappa shape index (κ1) is 8.99. The van der Waals surface area contributed by atoms with Crippen molar-refractivity contribution in [1.82, 2.24) is 4.98 Å². The Labute approximate surface area is 90.4 Å². The first-order chi connectivity index (χ1) is 7.36. The monoisotopic (exact) mass is 223 g/mol. The number of aromatic nitrogens is 1. The van der Waals surface area contributed by atoms with Gasteiger partial charge in [0, 0.05) is 18.0 Å². The van der Waals surface area contributed by atoms with Gasteiger partial charge >= 0.3 is 0 Å². The second kappa shape index (κ2) is 3.39. The molecule has 0 N–H and O–H groups in total. The van der Waals surface area contributed by atoms with Crippen LogP contribution in [0.5, 0.6) is 0 Å². The number of hydrogen-bond donors (Lipinski definition) is 0. The van der Waals surface area contributed by atoms with E-state index in [0.717, 1.165) is 12.1 Å². The molecular formula is C9H9N3O2S. The lowest BCUT2D eigenvalue weighted by molar-refractivity contribution is -0.121. The third-order valence-electron chi connectivity index (χ3n) is 2.53. The van der Waals surface area contributed by atoms with Gasteiger partial charge in [0.25, 0.3) is 5.91 Å². The zero-order chi connectivity index (χ0) is 10.3. The molecular weight excluding hydrogens is 214 g/mol.